The van der Waals surface area contributed by atoms with Crippen molar-refractivity contribution < 1.29 is 14.3 Å². The molecule has 1 aromatic carbocycles. The Labute approximate surface area is 138 Å². The van der Waals surface area contributed by atoms with Crippen LogP contribution in [0.2, 0.25) is 0 Å². The molecule has 0 spiro atoms. The van der Waals surface area contributed by atoms with Crippen LogP contribution in [0.1, 0.15) is 15.2 Å². The molecule has 1 amide bonds. The van der Waals surface area contributed by atoms with Crippen LogP contribution in [0.25, 0.3) is 10.1 Å². The van der Waals surface area contributed by atoms with Crippen LogP contribution in [0.4, 0.5) is 4.39 Å². The molecule has 1 aromatic heterocycles. The zero-order valence-corrected chi connectivity index (χ0v) is 13.7. The smallest absolute Gasteiger partial charge is 0.261 e. The predicted molar refractivity (Wildman–Crippen MR) is 88.5 cm³/mol. The van der Waals surface area contributed by atoms with E-state index in [-0.39, 0.29) is 30.0 Å². The molecule has 0 radical (unpaired) electrons. The maximum atomic E-state index is 13.8. The summed E-state index contributed by atoms with van der Waals surface area (Å²) >= 11 is 1.30. The summed E-state index contributed by atoms with van der Waals surface area (Å²) in [6, 6.07) is 4.87. The lowest BCUT2D eigenvalue weighted by atomic mass is 10.1. The molecule has 0 bridgehead atoms. The standard InChI is InChI=1S/C15H17FN2O2S.ClH/c1-8-13-10(16)3-2-4-12(13)21-14(8)15(20)18-6-9-5-17-7-11(9)19;/h2-4,9,11,17,19H,5-7H2,1H3,(H,18,20);1H. The molecule has 120 valence electrons. The van der Waals surface area contributed by atoms with E-state index in [0.717, 1.165) is 4.70 Å². The fourth-order valence-corrected chi connectivity index (χ4v) is 3.84. The van der Waals surface area contributed by atoms with Crippen LogP contribution in [0, 0.1) is 18.7 Å². The van der Waals surface area contributed by atoms with Gasteiger partial charge in [-0.25, -0.2) is 4.39 Å². The number of benzene rings is 1. The third kappa shape index (κ3) is 3.10. The summed E-state index contributed by atoms with van der Waals surface area (Å²) in [4.78, 5) is 12.8. The minimum absolute atomic E-state index is 0. The van der Waals surface area contributed by atoms with Crippen LogP contribution in [0.5, 0.6) is 0 Å². The lowest BCUT2D eigenvalue weighted by Gasteiger charge is -2.13. The first-order chi connectivity index (χ1) is 10.1. The van der Waals surface area contributed by atoms with Crippen LogP contribution < -0.4 is 10.6 Å². The molecule has 4 nitrogen and oxygen atoms in total. The molecule has 0 saturated carbocycles. The number of aliphatic hydroxyl groups excluding tert-OH is 1. The lowest BCUT2D eigenvalue weighted by molar-refractivity contribution is 0.0930. The molecule has 0 aliphatic carbocycles. The summed E-state index contributed by atoms with van der Waals surface area (Å²) in [7, 11) is 0. The fraction of sp³-hybridized carbons (Fsp3) is 0.400. The highest BCUT2D eigenvalue weighted by Gasteiger charge is 2.26. The van der Waals surface area contributed by atoms with Crippen molar-refractivity contribution in [3.8, 4) is 0 Å². The summed E-state index contributed by atoms with van der Waals surface area (Å²) in [5, 5.41) is 16.2. The van der Waals surface area contributed by atoms with Gasteiger partial charge in [0.15, 0.2) is 0 Å². The largest absolute Gasteiger partial charge is 0.391 e. The van der Waals surface area contributed by atoms with Gasteiger partial charge in [0.1, 0.15) is 5.82 Å². The minimum atomic E-state index is -0.425. The first-order valence-corrected chi connectivity index (χ1v) is 7.74. The van der Waals surface area contributed by atoms with Gasteiger partial charge in [-0.05, 0) is 24.6 Å². The maximum absolute atomic E-state index is 13.8. The van der Waals surface area contributed by atoms with E-state index in [2.05, 4.69) is 10.6 Å². The Morgan fingerprint density at radius 3 is 2.91 bits per heavy atom. The number of aliphatic hydroxyl groups is 1. The molecular formula is C15H18ClFN2O2S. The van der Waals surface area contributed by atoms with E-state index >= 15 is 0 Å². The van der Waals surface area contributed by atoms with Crippen molar-refractivity contribution in [3.63, 3.8) is 0 Å². The van der Waals surface area contributed by atoms with E-state index < -0.39 is 6.10 Å². The number of rotatable bonds is 3. The van der Waals surface area contributed by atoms with Crippen molar-refractivity contribution in [3.05, 3.63) is 34.5 Å². The van der Waals surface area contributed by atoms with Crippen molar-refractivity contribution in [1.29, 1.82) is 0 Å². The first kappa shape index (κ1) is 17.1. The van der Waals surface area contributed by atoms with Gasteiger partial charge in [0.05, 0.1) is 11.0 Å². The number of carbonyl (C=O) groups excluding carboxylic acids is 1. The van der Waals surface area contributed by atoms with Crippen LogP contribution in [0.3, 0.4) is 0 Å². The molecule has 7 heteroatoms. The zero-order valence-electron chi connectivity index (χ0n) is 12.1. The van der Waals surface area contributed by atoms with E-state index in [0.29, 0.717) is 35.5 Å². The average molecular weight is 345 g/mol. The van der Waals surface area contributed by atoms with Crippen LogP contribution in [-0.4, -0.2) is 36.8 Å². The Morgan fingerprint density at radius 1 is 1.50 bits per heavy atom. The highest BCUT2D eigenvalue weighted by molar-refractivity contribution is 7.21. The van der Waals surface area contributed by atoms with Gasteiger partial charge < -0.3 is 15.7 Å². The SMILES string of the molecule is Cc1c(C(=O)NCC2CNCC2O)sc2cccc(F)c12.Cl. The van der Waals surface area contributed by atoms with Gasteiger partial charge in [-0.1, -0.05) is 6.07 Å². The van der Waals surface area contributed by atoms with Gasteiger partial charge in [0, 0.05) is 35.6 Å². The predicted octanol–water partition coefficient (Wildman–Crippen LogP) is 2.08. The van der Waals surface area contributed by atoms with Gasteiger partial charge in [-0.3, -0.25) is 4.79 Å². The molecular weight excluding hydrogens is 327 g/mol. The number of hydrogen-bond donors (Lipinski definition) is 3. The molecule has 2 unspecified atom stereocenters. The first-order valence-electron chi connectivity index (χ1n) is 6.92. The molecule has 1 aliphatic rings. The Balaban J connectivity index is 0.00000176. The lowest BCUT2D eigenvalue weighted by Crippen LogP contribution is -2.34. The number of fused-ring (bicyclic) bond motifs is 1. The molecule has 3 N–H and O–H groups in total. The molecule has 1 saturated heterocycles. The van der Waals surface area contributed by atoms with E-state index in [1.165, 1.54) is 17.4 Å². The summed E-state index contributed by atoms with van der Waals surface area (Å²) in [6.45, 7) is 3.45. The number of aryl methyl sites for hydroxylation is 1. The second-order valence-corrected chi connectivity index (χ2v) is 6.42. The molecule has 2 atom stereocenters. The molecule has 3 rings (SSSR count). The molecule has 1 fully saturated rings. The number of amides is 1. The maximum Gasteiger partial charge on any atom is 0.261 e. The summed E-state index contributed by atoms with van der Waals surface area (Å²) in [6.07, 6.45) is -0.425. The summed E-state index contributed by atoms with van der Waals surface area (Å²) < 4.78 is 14.6. The average Bonchev–Trinajstić information content (AvgIpc) is 3.01. The van der Waals surface area contributed by atoms with Gasteiger partial charge in [-0.15, -0.1) is 23.7 Å². The van der Waals surface area contributed by atoms with Crippen LogP contribution in [-0.2, 0) is 0 Å². The van der Waals surface area contributed by atoms with Gasteiger partial charge in [0.2, 0.25) is 0 Å². The van der Waals surface area contributed by atoms with Gasteiger partial charge >= 0.3 is 0 Å². The quantitative estimate of drug-likeness (QED) is 0.799. The highest BCUT2D eigenvalue weighted by atomic mass is 35.5. The van der Waals surface area contributed by atoms with Crippen molar-refractivity contribution in [2.45, 2.75) is 13.0 Å². The van der Waals surface area contributed by atoms with E-state index in [9.17, 15) is 14.3 Å². The van der Waals surface area contributed by atoms with Crippen LogP contribution in [0.15, 0.2) is 18.2 Å². The number of hydrogen-bond acceptors (Lipinski definition) is 4. The van der Waals surface area contributed by atoms with Crippen molar-refractivity contribution in [1.82, 2.24) is 10.6 Å². The Kier molecular flexibility index (Phi) is 5.39. The van der Waals surface area contributed by atoms with E-state index in [4.69, 9.17) is 0 Å². The normalized spacial score (nSPS) is 20.9. The fourth-order valence-electron chi connectivity index (χ4n) is 2.70. The summed E-state index contributed by atoms with van der Waals surface area (Å²) in [5.41, 5.74) is 0.677. The van der Waals surface area contributed by atoms with Gasteiger partial charge in [-0.2, -0.15) is 0 Å². The number of thiophene rings is 1. The second-order valence-electron chi connectivity index (χ2n) is 5.36. The Bertz CT molecular complexity index is 691. The second kappa shape index (κ2) is 6.91. The third-order valence-electron chi connectivity index (χ3n) is 3.94. The molecule has 22 heavy (non-hydrogen) atoms. The number of nitrogens with one attached hydrogen (secondary N) is 2. The Hall–Kier alpha value is -1.21. The summed E-state index contributed by atoms with van der Waals surface area (Å²) in [5.74, 6) is -0.469. The van der Waals surface area contributed by atoms with E-state index in [1.54, 1.807) is 13.0 Å². The van der Waals surface area contributed by atoms with Crippen molar-refractivity contribution >= 4 is 39.7 Å². The van der Waals surface area contributed by atoms with Crippen molar-refractivity contribution in [2.24, 2.45) is 5.92 Å². The third-order valence-corrected chi connectivity index (χ3v) is 5.19. The monoisotopic (exact) mass is 344 g/mol. The highest BCUT2D eigenvalue weighted by Crippen LogP contribution is 2.32. The number of β-amino-alcohol motifs (C(OH)–C–C–N with tert-alkyl or cyclic N) is 1. The van der Waals surface area contributed by atoms with Gasteiger partial charge in [0.25, 0.3) is 5.91 Å². The zero-order chi connectivity index (χ0) is 15.0. The Morgan fingerprint density at radius 2 is 2.27 bits per heavy atom. The van der Waals surface area contributed by atoms with E-state index in [1.807, 2.05) is 6.07 Å². The molecule has 1 aliphatic heterocycles. The number of halogens is 2. The van der Waals surface area contributed by atoms with Crippen molar-refractivity contribution in [2.75, 3.05) is 19.6 Å². The minimum Gasteiger partial charge on any atom is -0.391 e. The molecule has 2 aromatic rings. The number of carbonyl (C=O) groups is 1. The molecule has 2 heterocycles. The topological polar surface area (TPSA) is 61.4 Å². The van der Waals surface area contributed by atoms with Crippen LogP contribution >= 0.6 is 23.7 Å².